The number of aliphatic hydroxyl groups is 1. The molecule has 2 aliphatic heterocycles. The predicted molar refractivity (Wildman–Crippen MR) is 62.2 cm³/mol. The summed E-state index contributed by atoms with van der Waals surface area (Å²) in [5.41, 5.74) is 0. The van der Waals surface area contributed by atoms with Crippen LogP contribution in [0.3, 0.4) is 0 Å². The molecule has 90 valence electrons. The third-order valence-corrected chi connectivity index (χ3v) is 6.05. The Balaban J connectivity index is 2.16. The van der Waals surface area contributed by atoms with Gasteiger partial charge in [-0.25, -0.2) is 4.79 Å². The van der Waals surface area contributed by atoms with Crippen molar-refractivity contribution in [1.82, 2.24) is 4.90 Å². The fourth-order valence-corrected chi connectivity index (χ4v) is 5.15. The third kappa shape index (κ3) is 1.53. The molecule has 2 heterocycles. The highest BCUT2D eigenvalue weighted by Gasteiger charge is 2.61. The first-order chi connectivity index (χ1) is 7.55. The second kappa shape index (κ2) is 4.12. The number of carboxylic acids is 1. The third-order valence-electron chi connectivity index (χ3n) is 2.84. The molecule has 2 N–H and O–H groups in total. The molecule has 2 saturated heterocycles. The van der Waals surface area contributed by atoms with E-state index in [1.165, 1.54) is 23.5 Å². The minimum absolute atomic E-state index is 0.125. The second-order valence-corrected chi connectivity index (χ2v) is 6.99. The van der Waals surface area contributed by atoms with Gasteiger partial charge in [0.1, 0.15) is 0 Å². The van der Waals surface area contributed by atoms with E-state index in [1.807, 2.05) is 6.92 Å². The Labute approximate surface area is 102 Å². The molecule has 0 aromatic rings. The summed E-state index contributed by atoms with van der Waals surface area (Å²) in [6.07, 6.45) is 0. The summed E-state index contributed by atoms with van der Waals surface area (Å²) >= 11 is 2.63. The summed E-state index contributed by atoms with van der Waals surface area (Å²) in [7, 11) is 0. The Morgan fingerprint density at radius 3 is 2.94 bits per heavy atom. The van der Waals surface area contributed by atoms with Crippen LogP contribution in [0.4, 0.5) is 0 Å². The number of carbonyl (C=O) groups excluding carboxylic acids is 1. The Hall–Kier alpha value is -0.400. The van der Waals surface area contributed by atoms with Crippen LogP contribution in [0.5, 0.6) is 0 Å². The molecule has 0 bridgehead atoms. The van der Waals surface area contributed by atoms with E-state index < -0.39 is 16.0 Å². The van der Waals surface area contributed by atoms with Gasteiger partial charge in [-0.1, -0.05) is 6.92 Å². The summed E-state index contributed by atoms with van der Waals surface area (Å²) < 4.78 is -0.945. The van der Waals surface area contributed by atoms with Crippen LogP contribution in [-0.2, 0) is 9.59 Å². The topological polar surface area (TPSA) is 77.8 Å². The number of hydrogen-bond donors (Lipinski definition) is 2. The molecule has 1 amide bonds. The van der Waals surface area contributed by atoms with Crippen LogP contribution >= 0.6 is 23.5 Å². The van der Waals surface area contributed by atoms with E-state index in [-0.39, 0.29) is 24.4 Å². The number of thioether (sulfide) groups is 2. The predicted octanol–water partition coefficient (Wildman–Crippen LogP) is 0.0440. The van der Waals surface area contributed by atoms with Crippen molar-refractivity contribution in [3.63, 3.8) is 0 Å². The molecular formula is C9H13NO4S2. The van der Waals surface area contributed by atoms with Crippen LogP contribution in [0.2, 0.25) is 0 Å². The van der Waals surface area contributed by atoms with Crippen molar-refractivity contribution in [3.8, 4) is 0 Å². The molecule has 0 aliphatic carbocycles. The van der Waals surface area contributed by atoms with Crippen molar-refractivity contribution in [2.45, 2.75) is 16.4 Å². The molecular weight excluding hydrogens is 250 g/mol. The van der Waals surface area contributed by atoms with Gasteiger partial charge in [-0.15, -0.1) is 23.5 Å². The van der Waals surface area contributed by atoms with Crippen LogP contribution in [0.15, 0.2) is 0 Å². The number of β-lactam (4-membered cyclic amide) rings is 1. The summed E-state index contributed by atoms with van der Waals surface area (Å²) in [5, 5.41) is 18.1. The van der Waals surface area contributed by atoms with Crippen molar-refractivity contribution < 1.29 is 19.8 Å². The normalized spacial score (nSPS) is 37.1. The lowest BCUT2D eigenvalue weighted by molar-refractivity contribution is -0.152. The van der Waals surface area contributed by atoms with Crippen molar-refractivity contribution in [1.29, 1.82) is 0 Å². The fourth-order valence-electron chi connectivity index (χ4n) is 2.03. The zero-order chi connectivity index (χ0) is 11.9. The van der Waals surface area contributed by atoms with Crippen molar-refractivity contribution >= 4 is 35.4 Å². The van der Waals surface area contributed by atoms with E-state index in [0.29, 0.717) is 5.75 Å². The van der Waals surface area contributed by atoms with Crippen LogP contribution in [-0.4, -0.2) is 55.3 Å². The Morgan fingerprint density at radius 2 is 2.44 bits per heavy atom. The number of amides is 1. The first-order valence-electron chi connectivity index (χ1n) is 5.02. The van der Waals surface area contributed by atoms with Gasteiger partial charge < -0.3 is 15.1 Å². The average Bonchev–Trinajstić information content (AvgIpc) is 2.57. The molecule has 0 spiro atoms. The molecule has 0 aromatic heterocycles. The molecule has 2 unspecified atom stereocenters. The van der Waals surface area contributed by atoms with Gasteiger partial charge in [0.2, 0.25) is 5.91 Å². The van der Waals surface area contributed by atoms with Crippen molar-refractivity contribution in [2.75, 3.05) is 18.9 Å². The van der Waals surface area contributed by atoms with E-state index in [4.69, 9.17) is 5.11 Å². The van der Waals surface area contributed by atoms with Gasteiger partial charge in [0, 0.05) is 0 Å². The first-order valence-corrected chi connectivity index (χ1v) is 6.88. The number of hydrogen-bond acceptors (Lipinski definition) is 5. The van der Waals surface area contributed by atoms with Crippen molar-refractivity contribution in [3.05, 3.63) is 0 Å². The number of nitrogens with zero attached hydrogens (tertiary/aromatic N) is 1. The lowest BCUT2D eigenvalue weighted by atomic mass is 9.99. The standard InChI is InChI=1S/C9H13NO4S2/c1-2-15-9(8(13)14)4-10-6(12)5(3-11)7(10)16-9/h5,7,11H,2-4H2,1H3,(H,13,14)/t5?,7-,9?/m1/s1. The lowest BCUT2D eigenvalue weighted by Crippen LogP contribution is -2.58. The smallest absolute Gasteiger partial charge is 0.332 e. The monoisotopic (exact) mass is 263 g/mol. The summed E-state index contributed by atoms with van der Waals surface area (Å²) in [6, 6.07) is 0. The number of carboxylic acid groups (broad SMARTS) is 1. The highest BCUT2D eigenvalue weighted by molar-refractivity contribution is 8.19. The fraction of sp³-hybridized carbons (Fsp3) is 0.778. The molecule has 0 aromatic carbocycles. The second-order valence-electron chi connectivity index (χ2n) is 3.75. The first kappa shape index (κ1) is 12.1. The quantitative estimate of drug-likeness (QED) is 0.698. The highest BCUT2D eigenvalue weighted by atomic mass is 32.2. The Kier molecular flexibility index (Phi) is 3.11. The Morgan fingerprint density at radius 1 is 1.75 bits per heavy atom. The lowest BCUT2D eigenvalue weighted by Gasteiger charge is -2.40. The summed E-state index contributed by atoms with van der Waals surface area (Å²) in [4.78, 5) is 24.4. The zero-order valence-electron chi connectivity index (χ0n) is 8.75. The van der Waals surface area contributed by atoms with Crippen LogP contribution in [0, 0.1) is 5.92 Å². The molecule has 7 heteroatoms. The van der Waals surface area contributed by atoms with Gasteiger partial charge in [0.25, 0.3) is 0 Å². The van der Waals surface area contributed by atoms with E-state index in [1.54, 1.807) is 4.90 Å². The summed E-state index contributed by atoms with van der Waals surface area (Å²) in [6.45, 7) is 1.95. The molecule has 3 atom stereocenters. The van der Waals surface area contributed by atoms with Crippen molar-refractivity contribution in [2.24, 2.45) is 5.92 Å². The number of aliphatic hydroxyl groups excluding tert-OH is 1. The maximum Gasteiger partial charge on any atom is 0.332 e. The highest BCUT2D eigenvalue weighted by Crippen LogP contribution is 2.54. The van der Waals surface area contributed by atoms with Gasteiger partial charge >= 0.3 is 5.97 Å². The maximum atomic E-state index is 11.5. The van der Waals surface area contributed by atoms with Crippen LogP contribution in [0.1, 0.15) is 6.92 Å². The van der Waals surface area contributed by atoms with Gasteiger partial charge in [0.05, 0.1) is 24.4 Å². The number of rotatable bonds is 4. The van der Waals surface area contributed by atoms with Gasteiger partial charge in [0.15, 0.2) is 4.08 Å². The van der Waals surface area contributed by atoms with Gasteiger partial charge in [-0.05, 0) is 5.75 Å². The zero-order valence-corrected chi connectivity index (χ0v) is 10.4. The van der Waals surface area contributed by atoms with E-state index >= 15 is 0 Å². The molecule has 5 nitrogen and oxygen atoms in total. The molecule has 2 fully saturated rings. The van der Waals surface area contributed by atoms with E-state index in [2.05, 4.69) is 0 Å². The minimum atomic E-state index is -0.945. The summed E-state index contributed by atoms with van der Waals surface area (Å²) in [5.74, 6) is -0.732. The number of fused-ring (bicyclic) bond motifs is 1. The largest absolute Gasteiger partial charge is 0.480 e. The number of carbonyl (C=O) groups is 2. The van der Waals surface area contributed by atoms with Gasteiger partial charge in [-0.3, -0.25) is 4.79 Å². The molecule has 0 saturated carbocycles. The van der Waals surface area contributed by atoms with E-state index in [9.17, 15) is 14.7 Å². The molecule has 0 radical (unpaired) electrons. The molecule has 2 aliphatic rings. The molecule has 16 heavy (non-hydrogen) atoms. The number of aliphatic carboxylic acids is 1. The maximum absolute atomic E-state index is 11.5. The molecule has 2 rings (SSSR count). The minimum Gasteiger partial charge on any atom is -0.480 e. The van der Waals surface area contributed by atoms with E-state index in [0.717, 1.165) is 0 Å². The van der Waals surface area contributed by atoms with Gasteiger partial charge in [-0.2, -0.15) is 0 Å². The average molecular weight is 263 g/mol. The van der Waals surface area contributed by atoms with Crippen LogP contribution in [0.25, 0.3) is 0 Å². The van der Waals surface area contributed by atoms with Crippen LogP contribution < -0.4 is 0 Å². The SMILES string of the molecule is CCSC1(C(=O)O)CN2C(=O)C(CO)[C@H]2S1. The Bertz CT molecular complexity index is 337.